The van der Waals surface area contributed by atoms with Gasteiger partial charge in [0.15, 0.2) is 41.3 Å². The van der Waals surface area contributed by atoms with E-state index in [1.165, 1.54) is 45.4 Å². The molecule has 0 saturated carbocycles. The van der Waals surface area contributed by atoms with Gasteiger partial charge in [-0.2, -0.15) is 0 Å². The molecule has 0 aromatic heterocycles. The van der Waals surface area contributed by atoms with Gasteiger partial charge in [0.2, 0.25) is 0 Å². The van der Waals surface area contributed by atoms with E-state index < -0.39 is 5.97 Å². The Morgan fingerprint density at radius 3 is 1.25 bits per heavy atom. The normalized spacial score (nSPS) is 8.68. The lowest BCUT2D eigenvalue weighted by molar-refractivity contribution is -0.131. The first-order chi connectivity index (χ1) is 30.9. The van der Waals surface area contributed by atoms with Gasteiger partial charge in [0, 0.05) is 69.8 Å². The van der Waals surface area contributed by atoms with E-state index in [9.17, 15) is 4.79 Å². The number of rotatable bonds is 18. The maximum atomic E-state index is 12.4. The van der Waals surface area contributed by atoms with Crippen molar-refractivity contribution in [2.45, 2.75) is 93.4 Å². The second-order valence-electron chi connectivity index (χ2n) is 13.0. The molecular formula is C57H78O8. The quantitative estimate of drug-likeness (QED) is 0.0244. The van der Waals surface area contributed by atoms with E-state index in [0.29, 0.717) is 44.7 Å². The maximum absolute atomic E-state index is 12.4. The number of hydrogen-bond acceptors (Lipinski definition) is 8. The van der Waals surface area contributed by atoms with Gasteiger partial charge in [-0.05, 0) is 124 Å². The standard InChI is InChI=1S/C55H40O8.2CH4.15H2/c1-7-12-17-21-22-23-24-25-27-31-57-42-62-53-39-47-45(38-52(53)60-34-29-19-14-9-3)44-36-51(59-33-28-18-13-8-2)50(58-32-26-16-11-5)37-46(44)49-41-55(63-43(6)56)54(40-48(47)49)61-35-30-20-15-10-4;;;;;;;;;;;;;;;;;/h2-4,36-41H,7,12,17,21-25,27,31,42H2,1,5-6H3;2*1H4;15*1H. The van der Waals surface area contributed by atoms with Gasteiger partial charge in [-0.15, -0.1) is 19.3 Å². The van der Waals surface area contributed by atoms with Gasteiger partial charge in [-0.1, -0.05) is 79.1 Å². The molecule has 0 aliphatic carbocycles. The summed E-state index contributed by atoms with van der Waals surface area (Å²) >= 11 is 0. The number of unbranched alkanes of at least 4 members (excludes halogenated alkanes) is 8. The molecule has 8 nitrogen and oxygen atoms in total. The number of carbonyl (C=O) groups is 1. The Bertz CT molecular complexity index is 3060. The molecule has 65 heavy (non-hydrogen) atoms. The summed E-state index contributed by atoms with van der Waals surface area (Å²) < 4.78 is 41.2. The smallest absolute Gasteiger partial charge is 0.308 e. The highest BCUT2D eigenvalue weighted by Gasteiger charge is 2.21. The van der Waals surface area contributed by atoms with E-state index in [0.717, 1.165) is 19.3 Å². The minimum absolute atomic E-state index is 0. The molecule has 4 aromatic rings. The number of esters is 1. The van der Waals surface area contributed by atoms with Crippen molar-refractivity contribution in [3.63, 3.8) is 0 Å². The topological polar surface area (TPSA) is 81.7 Å². The Morgan fingerprint density at radius 2 is 0.846 bits per heavy atom. The molecule has 354 valence electrons. The second kappa shape index (κ2) is 30.3. The van der Waals surface area contributed by atoms with E-state index in [-0.39, 0.29) is 71.8 Å². The molecule has 0 aliphatic heterocycles. The summed E-state index contributed by atoms with van der Waals surface area (Å²) in [6.07, 6.45) is 36.6. The van der Waals surface area contributed by atoms with E-state index in [4.69, 9.17) is 52.4 Å². The summed E-state index contributed by atoms with van der Waals surface area (Å²) in [6, 6.07) is 10.2. The molecule has 0 heterocycles. The van der Waals surface area contributed by atoms with Crippen molar-refractivity contribution < 1.29 is 59.4 Å². The van der Waals surface area contributed by atoms with Crippen LogP contribution in [0, 0.1) is 133 Å². The van der Waals surface area contributed by atoms with Gasteiger partial charge < -0.3 is 33.2 Å². The van der Waals surface area contributed by atoms with Crippen molar-refractivity contribution in [2.24, 2.45) is 0 Å². The molecule has 0 amide bonds. The first-order valence-corrected chi connectivity index (χ1v) is 19.9. The summed E-state index contributed by atoms with van der Waals surface area (Å²) in [5.74, 6) is 37.5. The number of fused-ring (bicyclic) bond motifs is 6. The van der Waals surface area contributed by atoms with Gasteiger partial charge in [0.25, 0.3) is 0 Å². The van der Waals surface area contributed by atoms with Gasteiger partial charge in [-0.25, -0.2) is 0 Å². The predicted molar refractivity (Wildman–Crippen MR) is 291 cm³/mol. The third-order valence-corrected chi connectivity index (χ3v) is 8.69. The summed E-state index contributed by atoms with van der Waals surface area (Å²) in [7, 11) is 0. The Morgan fingerprint density at radius 1 is 0.492 bits per heavy atom. The van der Waals surface area contributed by atoms with Crippen molar-refractivity contribution in [3.05, 3.63) is 36.4 Å². The Hall–Kier alpha value is -8.75. The van der Waals surface area contributed by atoms with Gasteiger partial charge in [-0.3, -0.25) is 4.79 Å². The van der Waals surface area contributed by atoms with E-state index in [1.54, 1.807) is 43.3 Å². The van der Waals surface area contributed by atoms with Crippen LogP contribution < -0.4 is 28.4 Å². The fraction of sp³-hybridized carbons (Fsp3) is 0.281. The molecule has 0 unspecified atom stereocenters. The minimum atomic E-state index is -0.601. The molecule has 8 heteroatoms. The Labute approximate surface area is 407 Å². The lowest BCUT2D eigenvalue weighted by atomic mass is 9.93. The minimum Gasteiger partial charge on any atom is -0.464 e. The van der Waals surface area contributed by atoms with Crippen molar-refractivity contribution in [1.29, 1.82) is 0 Å². The molecule has 0 spiro atoms. The summed E-state index contributed by atoms with van der Waals surface area (Å²) in [5, 5.41) is 3.69. The van der Waals surface area contributed by atoms with Crippen LogP contribution in [0.4, 0.5) is 0 Å². The fourth-order valence-electron chi connectivity index (χ4n) is 6.05. The SMILES string of the molecule is C.C.C#CC#CC#COc1cc2c(cc1OC#CC#CC)c1cc(OC(C)=O)c(OC#CC#CC#C)cc1c1cc(OCOCCCCCCCCCCC)c(OC#CC#CC#C)cc21.[HH].[HH].[HH].[HH].[HH].[HH].[HH].[HH].[HH].[HH].[HH].[HH].[HH].[HH].[HH]. The van der Waals surface area contributed by atoms with Crippen LogP contribution in [0.15, 0.2) is 36.4 Å². The van der Waals surface area contributed by atoms with Crippen LogP contribution in [0.25, 0.3) is 32.3 Å². The summed E-state index contributed by atoms with van der Waals surface area (Å²) in [5.41, 5.74) is 0. The van der Waals surface area contributed by atoms with Crippen molar-refractivity contribution in [3.8, 4) is 167 Å². The lowest BCUT2D eigenvalue weighted by Gasteiger charge is -2.17. The number of hydrogen-bond donors (Lipinski definition) is 0. The fourth-order valence-corrected chi connectivity index (χ4v) is 6.05. The van der Waals surface area contributed by atoms with Gasteiger partial charge >= 0.3 is 5.97 Å². The number of ether oxygens (including phenoxy) is 7. The zero-order valence-corrected chi connectivity index (χ0v) is 35.2. The molecule has 0 fully saturated rings. The van der Waals surface area contributed by atoms with Crippen molar-refractivity contribution in [2.75, 3.05) is 13.4 Å². The molecule has 0 atom stereocenters. The summed E-state index contributed by atoms with van der Waals surface area (Å²) in [4.78, 5) is 12.4. The Balaban J connectivity index is -0.000000214. The second-order valence-corrected chi connectivity index (χ2v) is 13.0. The van der Waals surface area contributed by atoms with Crippen molar-refractivity contribution in [1.82, 2.24) is 0 Å². The van der Waals surface area contributed by atoms with Gasteiger partial charge in [0.05, 0.1) is 6.61 Å². The van der Waals surface area contributed by atoms with Crippen LogP contribution in [0.5, 0.6) is 34.5 Å². The van der Waals surface area contributed by atoms with Gasteiger partial charge in [0.1, 0.15) is 24.4 Å². The molecular weight excluding hydrogens is 813 g/mol. The van der Waals surface area contributed by atoms with Crippen LogP contribution in [-0.4, -0.2) is 19.4 Å². The average molecular weight is 891 g/mol. The Kier molecular flexibility index (Phi) is 24.4. The largest absolute Gasteiger partial charge is 0.464 e. The zero-order chi connectivity index (χ0) is 44.9. The number of terminal acetylenes is 3. The number of carbonyl (C=O) groups excluding carboxylic acids is 1. The highest BCUT2D eigenvalue weighted by Crippen LogP contribution is 2.47. The van der Waals surface area contributed by atoms with E-state index in [2.05, 4.69) is 120 Å². The highest BCUT2D eigenvalue weighted by atomic mass is 16.7. The monoisotopic (exact) mass is 891 g/mol. The van der Waals surface area contributed by atoms with Crippen LogP contribution in [0.3, 0.4) is 0 Å². The lowest BCUT2D eigenvalue weighted by Crippen LogP contribution is -2.05. The number of benzene rings is 4. The van der Waals surface area contributed by atoms with Crippen LogP contribution in [0.1, 0.15) is 115 Å². The first-order valence-electron chi connectivity index (χ1n) is 19.9. The van der Waals surface area contributed by atoms with E-state index in [1.807, 2.05) is 0 Å². The predicted octanol–water partition coefficient (Wildman–Crippen LogP) is 14.2. The maximum Gasteiger partial charge on any atom is 0.308 e. The average Bonchev–Trinajstić information content (AvgIpc) is 3.28. The molecule has 0 bridgehead atoms. The molecule has 0 radical (unpaired) electrons. The third-order valence-electron chi connectivity index (χ3n) is 8.69. The van der Waals surface area contributed by atoms with Crippen molar-refractivity contribution >= 4 is 38.3 Å². The van der Waals surface area contributed by atoms with Crippen LogP contribution in [0.2, 0.25) is 0 Å². The van der Waals surface area contributed by atoms with Crippen LogP contribution >= 0.6 is 0 Å². The molecule has 0 aliphatic rings. The molecule has 0 saturated heterocycles. The summed E-state index contributed by atoms with van der Waals surface area (Å²) in [6.45, 7) is 5.58. The molecule has 4 rings (SSSR count). The first kappa shape index (κ1) is 52.4. The molecule has 4 aromatic carbocycles. The zero-order valence-electron chi connectivity index (χ0n) is 35.2. The van der Waals surface area contributed by atoms with Crippen LogP contribution in [-0.2, 0) is 9.53 Å². The molecule has 0 N–H and O–H groups in total. The van der Waals surface area contributed by atoms with E-state index >= 15 is 0 Å². The third kappa shape index (κ3) is 16.9. The highest BCUT2D eigenvalue weighted by molar-refractivity contribution is 6.27.